The smallest absolute Gasteiger partial charge is 0.326 e. The Labute approximate surface area is 241 Å². The van der Waals surface area contributed by atoms with Crippen LogP contribution in [0.3, 0.4) is 0 Å². The molecule has 0 aliphatic carbocycles. The summed E-state index contributed by atoms with van der Waals surface area (Å²) in [7, 11) is -2.17. The molecule has 6 rings (SSSR count). The molecule has 1 aliphatic heterocycles. The highest BCUT2D eigenvalue weighted by molar-refractivity contribution is 7.90. The van der Waals surface area contributed by atoms with E-state index in [2.05, 4.69) is 9.38 Å². The molecule has 4 aromatic carbocycles. The number of aromatic nitrogens is 2. The molecule has 0 bridgehead atoms. The first-order chi connectivity index (χ1) is 20.3. The van der Waals surface area contributed by atoms with Gasteiger partial charge in [0.2, 0.25) is 0 Å². The molecule has 1 aromatic heterocycles. The number of esters is 1. The number of ether oxygens (including phenoxy) is 2. The van der Waals surface area contributed by atoms with E-state index in [9.17, 15) is 18.0 Å². The lowest BCUT2D eigenvalue weighted by molar-refractivity contribution is -0.151. The second kappa shape index (κ2) is 11.1. The summed E-state index contributed by atoms with van der Waals surface area (Å²) in [6, 6.07) is 26.9. The molecule has 5 aromatic rings. The van der Waals surface area contributed by atoms with Gasteiger partial charge in [-0.25, -0.2) is 4.98 Å². The maximum absolute atomic E-state index is 13.1. The van der Waals surface area contributed by atoms with Crippen LogP contribution in [-0.4, -0.2) is 61.0 Å². The number of hydrogen-bond acceptors (Lipinski definition) is 8. The molecule has 0 spiro atoms. The topological polar surface area (TPSA) is 120 Å². The quantitative estimate of drug-likeness (QED) is 0.255. The van der Waals surface area contributed by atoms with Gasteiger partial charge in [0.1, 0.15) is 23.8 Å². The summed E-state index contributed by atoms with van der Waals surface area (Å²) in [5.74, 6) is 0.181. The molecule has 0 amide bonds. The highest BCUT2D eigenvalue weighted by atomic mass is 32.2. The number of likely N-dealkylation sites (N-methyl/N-ethyl adjacent to an activating group) is 1. The zero-order valence-electron chi connectivity index (χ0n) is 22.6. The van der Waals surface area contributed by atoms with Gasteiger partial charge in [0.15, 0.2) is 11.9 Å². The molecule has 0 fully saturated rings. The summed E-state index contributed by atoms with van der Waals surface area (Å²) in [4.78, 5) is 32.1. The Balaban J connectivity index is 1.25. The van der Waals surface area contributed by atoms with E-state index in [0.717, 1.165) is 10.8 Å². The predicted octanol–water partition coefficient (Wildman–Crippen LogP) is 3.62. The first kappa shape index (κ1) is 27.2. The predicted molar refractivity (Wildman–Crippen MR) is 158 cm³/mol. The number of rotatable bonds is 8. The Hall–Kier alpha value is -5.03. The number of para-hydroxylation sites is 1. The SMILES string of the molecule is CN(C[C@H](COc1cccc2ccccc12)OC(=O)Cn1cnc2ccccc2c1=O)C1=NS(=O)(=O)c2ccccc21. The molecule has 1 atom stereocenters. The van der Waals surface area contributed by atoms with Crippen molar-refractivity contribution in [1.29, 1.82) is 0 Å². The van der Waals surface area contributed by atoms with Crippen LogP contribution in [0.5, 0.6) is 5.75 Å². The minimum absolute atomic E-state index is 0.0311. The van der Waals surface area contributed by atoms with E-state index in [1.54, 1.807) is 54.4 Å². The van der Waals surface area contributed by atoms with Crippen LogP contribution in [0.25, 0.3) is 21.7 Å². The Bertz CT molecular complexity index is 2020. The lowest BCUT2D eigenvalue weighted by atomic mass is 10.1. The third-order valence-electron chi connectivity index (χ3n) is 6.96. The summed E-state index contributed by atoms with van der Waals surface area (Å²) in [6.45, 7) is -0.315. The van der Waals surface area contributed by atoms with Crippen LogP contribution in [0.2, 0.25) is 0 Å². The lowest BCUT2D eigenvalue weighted by Gasteiger charge is -2.26. The van der Waals surface area contributed by atoms with E-state index in [1.807, 2.05) is 42.5 Å². The Kier molecular flexibility index (Phi) is 7.17. The van der Waals surface area contributed by atoms with Crippen molar-refractivity contribution >= 4 is 43.5 Å². The number of amidine groups is 1. The first-order valence-electron chi connectivity index (χ1n) is 13.2. The molecule has 11 heteroatoms. The summed E-state index contributed by atoms with van der Waals surface area (Å²) in [5, 5.41) is 2.28. The van der Waals surface area contributed by atoms with E-state index >= 15 is 0 Å². The van der Waals surface area contributed by atoms with Gasteiger partial charge in [0.25, 0.3) is 15.6 Å². The molecule has 42 heavy (non-hydrogen) atoms. The Morgan fingerprint density at radius 3 is 2.50 bits per heavy atom. The van der Waals surface area contributed by atoms with Gasteiger partial charge in [-0.15, -0.1) is 4.40 Å². The molecule has 2 heterocycles. The standard InChI is InChI=1S/C31H26N4O6S/c1-34(30-25-13-5-7-16-28(25)42(38,39)33-30)17-22(19-40-27-15-8-10-21-9-2-3-11-23(21)27)41-29(36)18-35-20-32-26-14-6-4-12-24(26)31(35)37/h2-16,20,22H,17-19H2,1H3/t22-/m1/s1. The zero-order valence-corrected chi connectivity index (χ0v) is 23.4. The van der Waals surface area contributed by atoms with E-state index in [0.29, 0.717) is 22.2 Å². The summed E-state index contributed by atoms with van der Waals surface area (Å²) in [5.41, 5.74) is 0.636. The fourth-order valence-corrected chi connectivity index (χ4v) is 6.22. The average Bonchev–Trinajstić information content (AvgIpc) is 3.28. The number of nitrogens with zero attached hydrogens (tertiary/aromatic N) is 4. The lowest BCUT2D eigenvalue weighted by Crippen LogP contribution is -2.40. The van der Waals surface area contributed by atoms with E-state index in [4.69, 9.17) is 9.47 Å². The largest absolute Gasteiger partial charge is 0.489 e. The van der Waals surface area contributed by atoms with Crippen molar-refractivity contribution in [2.75, 3.05) is 20.2 Å². The molecule has 0 saturated carbocycles. The highest BCUT2D eigenvalue weighted by Crippen LogP contribution is 2.28. The van der Waals surface area contributed by atoms with Crippen molar-refractivity contribution in [3.8, 4) is 5.75 Å². The Morgan fingerprint density at radius 1 is 0.929 bits per heavy atom. The zero-order chi connectivity index (χ0) is 29.3. The first-order valence-corrected chi connectivity index (χ1v) is 14.6. The summed E-state index contributed by atoms with van der Waals surface area (Å²) < 4.78 is 42.4. The van der Waals surface area contributed by atoms with Crippen LogP contribution in [0.15, 0.2) is 111 Å². The van der Waals surface area contributed by atoms with Gasteiger partial charge in [-0.2, -0.15) is 8.42 Å². The van der Waals surface area contributed by atoms with E-state index < -0.39 is 22.1 Å². The van der Waals surface area contributed by atoms with Gasteiger partial charge in [-0.05, 0) is 35.7 Å². The third kappa shape index (κ3) is 5.34. The van der Waals surface area contributed by atoms with Crippen LogP contribution in [0, 0.1) is 0 Å². The van der Waals surface area contributed by atoms with Crippen LogP contribution in [0.4, 0.5) is 0 Å². The number of sulfonamides is 1. The van der Waals surface area contributed by atoms with Gasteiger partial charge in [0, 0.05) is 18.0 Å². The van der Waals surface area contributed by atoms with Crippen molar-refractivity contribution < 1.29 is 22.7 Å². The number of carbonyl (C=O) groups is 1. The van der Waals surface area contributed by atoms with Gasteiger partial charge >= 0.3 is 5.97 Å². The number of fused-ring (bicyclic) bond motifs is 3. The maximum atomic E-state index is 13.1. The normalized spacial score (nSPS) is 14.3. The van der Waals surface area contributed by atoms with Crippen molar-refractivity contribution in [3.63, 3.8) is 0 Å². The molecule has 0 unspecified atom stereocenters. The van der Waals surface area contributed by atoms with Crippen molar-refractivity contribution in [3.05, 3.63) is 113 Å². The van der Waals surface area contributed by atoms with E-state index in [-0.39, 0.29) is 36.0 Å². The molecular formula is C31H26N4O6S. The highest BCUT2D eigenvalue weighted by Gasteiger charge is 2.32. The van der Waals surface area contributed by atoms with Crippen LogP contribution in [0.1, 0.15) is 5.56 Å². The minimum atomic E-state index is -3.84. The molecule has 1 aliphatic rings. The van der Waals surface area contributed by atoms with Gasteiger partial charge in [-0.1, -0.05) is 60.7 Å². The van der Waals surface area contributed by atoms with Crippen LogP contribution < -0.4 is 10.3 Å². The molecule has 0 N–H and O–H groups in total. The fourth-order valence-electron chi connectivity index (χ4n) is 4.96. The van der Waals surface area contributed by atoms with Gasteiger partial charge < -0.3 is 14.4 Å². The monoisotopic (exact) mass is 582 g/mol. The van der Waals surface area contributed by atoms with Crippen LogP contribution >= 0.6 is 0 Å². The van der Waals surface area contributed by atoms with Crippen molar-refractivity contribution in [1.82, 2.24) is 14.5 Å². The maximum Gasteiger partial charge on any atom is 0.326 e. The third-order valence-corrected chi connectivity index (χ3v) is 8.28. The molecule has 0 radical (unpaired) electrons. The number of hydrogen-bond donors (Lipinski definition) is 0. The summed E-state index contributed by atoms with van der Waals surface area (Å²) >= 11 is 0. The van der Waals surface area contributed by atoms with Gasteiger partial charge in [-0.3, -0.25) is 14.2 Å². The number of benzene rings is 4. The second-order valence-electron chi connectivity index (χ2n) is 9.86. The average molecular weight is 583 g/mol. The number of carbonyl (C=O) groups excluding carboxylic acids is 1. The second-order valence-corrected chi connectivity index (χ2v) is 11.4. The minimum Gasteiger partial charge on any atom is -0.489 e. The molecule has 10 nitrogen and oxygen atoms in total. The van der Waals surface area contributed by atoms with Crippen molar-refractivity contribution in [2.45, 2.75) is 17.5 Å². The van der Waals surface area contributed by atoms with Crippen LogP contribution in [-0.2, 0) is 26.1 Å². The molecule has 212 valence electrons. The van der Waals surface area contributed by atoms with Gasteiger partial charge in [0.05, 0.1) is 23.8 Å². The van der Waals surface area contributed by atoms with Crippen molar-refractivity contribution in [2.24, 2.45) is 4.40 Å². The van der Waals surface area contributed by atoms with E-state index in [1.165, 1.54) is 17.0 Å². The summed E-state index contributed by atoms with van der Waals surface area (Å²) in [6.07, 6.45) is 0.470. The molecular weight excluding hydrogens is 556 g/mol. The fraction of sp³-hybridized carbons (Fsp3) is 0.161. The molecule has 0 saturated heterocycles. The Morgan fingerprint density at radius 2 is 1.64 bits per heavy atom.